The number of hydrogen-bond donors (Lipinski definition) is 2. The monoisotopic (exact) mass is 374 g/mol. The van der Waals surface area contributed by atoms with E-state index in [1.807, 2.05) is 24.3 Å². The Bertz CT molecular complexity index is 866. The van der Waals surface area contributed by atoms with Crippen molar-refractivity contribution in [2.24, 2.45) is 5.41 Å². The van der Waals surface area contributed by atoms with Gasteiger partial charge in [0.15, 0.2) is 0 Å². The van der Waals surface area contributed by atoms with Gasteiger partial charge in [0.05, 0.1) is 12.8 Å². The molecule has 142 valence electrons. The van der Waals surface area contributed by atoms with E-state index in [0.717, 1.165) is 23.4 Å². The van der Waals surface area contributed by atoms with Crippen molar-refractivity contribution in [1.82, 2.24) is 5.32 Å². The maximum atomic E-state index is 13.7. The van der Waals surface area contributed by atoms with Crippen molar-refractivity contribution >= 4 is 17.5 Å². The van der Waals surface area contributed by atoms with Crippen LogP contribution in [0.15, 0.2) is 42.5 Å². The molecule has 27 heavy (non-hydrogen) atoms. The summed E-state index contributed by atoms with van der Waals surface area (Å²) < 4.78 is 31.8. The normalized spacial score (nSPS) is 14.3. The van der Waals surface area contributed by atoms with E-state index in [1.165, 1.54) is 0 Å². The van der Waals surface area contributed by atoms with Crippen LogP contribution in [0.5, 0.6) is 5.75 Å². The molecular weight excluding hydrogens is 354 g/mol. The molecule has 0 bridgehead atoms. The number of carbonyl (C=O) groups is 2. The molecule has 2 aromatic rings. The van der Waals surface area contributed by atoms with Gasteiger partial charge in [-0.05, 0) is 49.1 Å². The van der Waals surface area contributed by atoms with Gasteiger partial charge in [-0.3, -0.25) is 9.59 Å². The van der Waals surface area contributed by atoms with Crippen LogP contribution in [0.1, 0.15) is 18.4 Å². The Morgan fingerprint density at radius 2 is 1.89 bits per heavy atom. The third-order valence-corrected chi connectivity index (χ3v) is 4.63. The van der Waals surface area contributed by atoms with Crippen molar-refractivity contribution in [1.29, 1.82) is 0 Å². The van der Waals surface area contributed by atoms with Crippen LogP contribution in [-0.4, -0.2) is 25.5 Å². The van der Waals surface area contributed by atoms with Crippen molar-refractivity contribution in [2.45, 2.75) is 19.3 Å². The van der Waals surface area contributed by atoms with Crippen LogP contribution >= 0.6 is 0 Å². The number of halogens is 2. The standard InChI is InChI=1S/C20H20F2N2O3/c1-27-15-4-2-3-13(11-15)7-10-23-18(25)20(8-9-20)19(26)24-17-6-5-14(21)12-16(17)22/h2-6,11-12H,7-10H2,1H3,(H,23,25)(H,24,26). The summed E-state index contributed by atoms with van der Waals surface area (Å²) in [6, 6.07) is 10.4. The highest BCUT2D eigenvalue weighted by Gasteiger charge is 2.56. The zero-order valence-electron chi connectivity index (χ0n) is 14.9. The number of rotatable bonds is 7. The Morgan fingerprint density at radius 3 is 2.56 bits per heavy atom. The summed E-state index contributed by atoms with van der Waals surface area (Å²) in [5.41, 5.74) is -0.330. The molecule has 2 N–H and O–H groups in total. The fraction of sp³-hybridized carbons (Fsp3) is 0.300. The van der Waals surface area contributed by atoms with Crippen molar-refractivity contribution in [3.8, 4) is 5.75 Å². The summed E-state index contributed by atoms with van der Waals surface area (Å²) in [5.74, 6) is -1.84. The summed E-state index contributed by atoms with van der Waals surface area (Å²) in [6.07, 6.45) is 1.38. The van der Waals surface area contributed by atoms with Crippen molar-refractivity contribution in [3.05, 3.63) is 59.7 Å². The van der Waals surface area contributed by atoms with E-state index < -0.39 is 23.0 Å². The Balaban J connectivity index is 1.56. The predicted octanol–water partition coefficient (Wildman–Crippen LogP) is 3.05. The molecule has 0 saturated heterocycles. The van der Waals surface area contributed by atoms with Gasteiger partial charge in [-0.2, -0.15) is 0 Å². The van der Waals surface area contributed by atoms with Crippen LogP contribution < -0.4 is 15.4 Å². The van der Waals surface area contributed by atoms with E-state index in [9.17, 15) is 18.4 Å². The van der Waals surface area contributed by atoms with E-state index in [4.69, 9.17) is 4.74 Å². The second-order valence-corrected chi connectivity index (χ2v) is 6.52. The molecule has 0 aromatic heterocycles. The van der Waals surface area contributed by atoms with Gasteiger partial charge < -0.3 is 15.4 Å². The lowest BCUT2D eigenvalue weighted by atomic mass is 10.0. The first-order valence-electron chi connectivity index (χ1n) is 8.62. The minimum absolute atomic E-state index is 0.142. The highest BCUT2D eigenvalue weighted by molar-refractivity contribution is 6.13. The molecule has 0 unspecified atom stereocenters. The van der Waals surface area contributed by atoms with Gasteiger partial charge in [-0.1, -0.05) is 12.1 Å². The molecule has 0 aliphatic heterocycles. The van der Waals surface area contributed by atoms with E-state index in [-0.39, 0.29) is 11.6 Å². The Morgan fingerprint density at radius 1 is 1.11 bits per heavy atom. The van der Waals surface area contributed by atoms with E-state index >= 15 is 0 Å². The average molecular weight is 374 g/mol. The zero-order chi connectivity index (χ0) is 19.4. The quantitative estimate of drug-likeness (QED) is 0.732. The van der Waals surface area contributed by atoms with E-state index in [1.54, 1.807) is 7.11 Å². The average Bonchev–Trinajstić information content (AvgIpc) is 3.46. The second kappa shape index (κ2) is 7.73. The fourth-order valence-corrected chi connectivity index (χ4v) is 2.83. The van der Waals surface area contributed by atoms with E-state index in [0.29, 0.717) is 31.9 Å². The van der Waals surface area contributed by atoms with Crippen molar-refractivity contribution < 1.29 is 23.1 Å². The minimum atomic E-state index is -1.19. The summed E-state index contributed by atoms with van der Waals surface area (Å²) >= 11 is 0. The molecule has 5 nitrogen and oxygen atoms in total. The largest absolute Gasteiger partial charge is 0.497 e. The van der Waals surface area contributed by atoms with E-state index in [2.05, 4.69) is 10.6 Å². The molecule has 0 heterocycles. The summed E-state index contributed by atoms with van der Waals surface area (Å²) in [4.78, 5) is 24.9. The zero-order valence-corrected chi connectivity index (χ0v) is 14.9. The van der Waals surface area contributed by atoms with Gasteiger partial charge in [0.1, 0.15) is 22.8 Å². The molecule has 0 spiro atoms. The van der Waals surface area contributed by atoms with Crippen LogP contribution in [0.4, 0.5) is 14.5 Å². The molecule has 0 radical (unpaired) electrons. The fourth-order valence-electron chi connectivity index (χ4n) is 2.83. The van der Waals surface area contributed by atoms with Gasteiger partial charge in [0.25, 0.3) is 0 Å². The Labute approximate surface area is 155 Å². The Kier molecular flexibility index (Phi) is 5.39. The van der Waals surface area contributed by atoms with Gasteiger partial charge in [-0.25, -0.2) is 8.78 Å². The number of hydrogen-bond acceptors (Lipinski definition) is 3. The van der Waals surface area contributed by atoms with Crippen LogP contribution in [0.25, 0.3) is 0 Å². The molecule has 2 aromatic carbocycles. The summed E-state index contributed by atoms with van der Waals surface area (Å²) in [5, 5.41) is 5.15. The maximum Gasteiger partial charge on any atom is 0.240 e. The molecule has 7 heteroatoms. The first kappa shape index (κ1) is 18.8. The van der Waals surface area contributed by atoms with Crippen LogP contribution in [-0.2, 0) is 16.0 Å². The predicted molar refractivity (Wildman–Crippen MR) is 96.4 cm³/mol. The number of carbonyl (C=O) groups excluding carboxylic acids is 2. The number of anilines is 1. The lowest BCUT2D eigenvalue weighted by molar-refractivity contribution is -0.134. The van der Waals surface area contributed by atoms with Crippen LogP contribution in [0.3, 0.4) is 0 Å². The third-order valence-electron chi connectivity index (χ3n) is 4.63. The summed E-state index contributed by atoms with van der Waals surface area (Å²) in [7, 11) is 1.58. The van der Waals surface area contributed by atoms with Gasteiger partial charge in [0.2, 0.25) is 11.8 Å². The molecule has 1 aliphatic rings. The first-order chi connectivity index (χ1) is 12.9. The molecule has 1 fully saturated rings. The van der Waals surface area contributed by atoms with Gasteiger partial charge >= 0.3 is 0 Å². The lowest BCUT2D eigenvalue weighted by Gasteiger charge is -2.16. The van der Waals surface area contributed by atoms with Gasteiger partial charge in [-0.15, -0.1) is 0 Å². The topological polar surface area (TPSA) is 67.4 Å². The second-order valence-electron chi connectivity index (χ2n) is 6.52. The maximum absolute atomic E-state index is 13.7. The molecule has 3 rings (SSSR count). The minimum Gasteiger partial charge on any atom is -0.497 e. The highest BCUT2D eigenvalue weighted by Crippen LogP contribution is 2.47. The smallest absolute Gasteiger partial charge is 0.240 e. The molecular formula is C20H20F2N2O3. The molecule has 1 saturated carbocycles. The van der Waals surface area contributed by atoms with Crippen molar-refractivity contribution in [3.63, 3.8) is 0 Å². The highest BCUT2D eigenvalue weighted by atomic mass is 19.1. The SMILES string of the molecule is COc1cccc(CCNC(=O)C2(C(=O)Nc3ccc(F)cc3F)CC2)c1. The lowest BCUT2D eigenvalue weighted by Crippen LogP contribution is -2.40. The molecule has 1 aliphatic carbocycles. The number of nitrogens with one attached hydrogen (secondary N) is 2. The van der Waals surface area contributed by atoms with Gasteiger partial charge in [0, 0.05) is 12.6 Å². The number of benzene rings is 2. The van der Waals surface area contributed by atoms with Crippen LogP contribution in [0, 0.1) is 17.0 Å². The summed E-state index contributed by atoms with van der Waals surface area (Å²) in [6.45, 7) is 0.367. The Hall–Kier alpha value is -2.96. The number of methoxy groups -OCH3 is 1. The van der Waals surface area contributed by atoms with Crippen molar-refractivity contribution in [2.75, 3.05) is 19.0 Å². The number of amides is 2. The molecule has 2 amide bonds. The third kappa shape index (κ3) is 4.24. The first-order valence-corrected chi connectivity index (χ1v) is 8.62. The van der Waals surface area contributed by atoms with Crippen LogP contribution in [0.2, 0.25) is 0 Å². The number of ether oxygens (including phenoxy) is 1. The molecule has 0 atom stereocenters.